The highest BCUT2D eigenvalue weighted by atomic mass is 35.5. The van der Waals surface area contributed by atoms with Crippen molar-refractivity contribution < 1.29 is 4.79 Å². The summed E-state index contributed by atoms with van der Waals surface area (Å²) in [6, 6.07) is 10.8. The molecule has 0 aliphatic carbocycles. The van der Waals surface area contributed by atoms with E-state index in [4.69, 9.17) is 23.2 Å². The van der Waals surface area contributed by atoms with E-state index in [-0.39, 0.29) is 5.91 Å². The number of piperidine rings is 1. The van der Waals surface area contributed by atoms with Crippen molar-refractivity contribution in [1.29, 1.82) is 0 Å². The third kappa shape index (κ3) is 3.84. The van der Waals surface area contributed by atoms with Crippen molar-refractivity contribution in [2.24, 2.45) is 0 Å². The Morgan fingerprint density at radius 2 is 1.93 bits per heavy atom. The number of aromatic amines is 1. The third-order valence-corrected chi connectivity index (χ3v) is 5.85. The Labute approximate surface area is 168 Å². The second-order valence-corrected chi connectivity index (χ2v) is 8.00. The summed E-state index contributed by atoms with van der Waals surface area (Å²) in [7, 11) is 2.17. The molecule has 1 aromatic heterocycles. The predicted molar refractivity (Wildman–Crippen MR) is 112 cm³/mol. The monoisotopic (exact) mass is 401 g/mol. The topological polar surface area (TPSA) is 48.1 Å². The number of nitrogens with one attached hydrogen (secondary N) is 2. The molecule has 0 radical (unpaired) electrons. The number of fused-ring (bicyclic) bond motifs is 1. The molecule has 0 unspecified atom stereocenters. The fourth-order valence-corrected chi connectivity index (χ4v) is 4.24. The molecule has 0 saturated carbocycles. The number of nitrogens with zero attached hydrogens (tertiary/aromatic N) is 1. The van der Waals surface area contributed by atoms with Gasteiger partial charge in [-0.3, -0.25) is 4.79 Å². The quantitative estimate of drug-likeness (QED) is 0.605. The summed E-state index contributed by atoms with van der Waals surface area (Å²) in [6.07, 6.45) is 4.42. The van der Waals surface area contributed by atoms with Crippen molar-refractivity contribution in [3.05, 3.63) is 63.8 Å². The molecule has 2 heterocycles. The van der Waals surface area contributed by atoms with E-state index in [0.29, 0.717) is 21.5 Å². The zero-order valence-corrected chi connectivity index (χ0v) is 16.6. The number of aromatic nitrogens is 1. The molecule has 1 saturated heterocycles. The number of anilines is 1. The van der Waals surface area contributed by atoms with E-state index in [1.54, 1.807) is 18.2 Å². The van der Waals surface area contributed by atoms with Gasteiger partial charge in [-0.25, -0.2) is 0 Å². The van der Waals surface area contributed by atoms with Crippen LogP contribution in [0.15, 0.2) is 42.6 Å². The molecular weight excluding hydrogens is 381 g/mol. The number of halogens is 2. The molecule has 0 atom stereocenters. The van der Waals surface area contributed by atoms with Gasteiger partial charge in [-0.05, 0) is 80.9 Å². The lowest BCUT2D eigenvalue weighted by atomic mass is 9.89. The summed E-state index contributed by atoms with van der Waals surface area (Å²) >= 11 is 12.1. The molecule has 140 valence electrons. The molecule has 1 aliphatic heterocycles. The number of carbonyl (C=O) groups is 1. The van der Waals surface area contributed by atoms with Crippen molar-refractivity contribution >= 4 is 45.7 Å². The number of hydrogen-bond donors (Lipinski definition) is 2. The second-order valence-electron chi connectivity index (χ2n) is 7.16. The van der Waals surface area contributed by atoms with Crippen LogP contribution in [0.3, 0.4) is 0 Å². The largest absolute Gasteiger partial charge is 0.361 e. The zero-order chi connectivity index (χ0) is 19.0. The Hall–Kier alpha value is -2.01. The molecule has 3 aromatic rings. The first kappa shape index (κ1) is 18.4. The van der Waals surface area contributed by atoms with E-state index in [9.17, 15) is 4.79 Å². The maximum atomic E-state index is 12.6. The van der Waals surface area contributed by atoms with Gasteiger partial charge in [-0.15, -0.1) is 0 Å². The SMILES string of the molecule is CN1CCC(c2c[nH]c3ccc(NC(=O)c4ccc(Cl)cc4Cl)cc23)CC1. The van der Waals surface area contributed by atoms with Crippen LogP contribution in [-0.4, -0.2) is 35.9 Å². The number of amides is 1. The molecule has 4 rings (SSSR count). The smallest absolute Gasteiger partial charge is 0.257 e. The van der Waals surface area contributed by atoms with Gasteiger partial charge in [0.05, 0.1) is 10.6 Å². The summed E-state index contributed by atoms with van der Waals surface area (Å²) in [5.41, 5.74) is 3.59. The van der Waals surface area contributed by atoms with Gasteiger partial charge in [0.1, 0.15) is 0 Å². The molecule has 2 aromatic carbocycles. The van der Waals surface area contributed by atoms with Crippen molar-refractivity contribution in [2.45, 2.75) is 18.8 Å². The van der Waals surface area contributed by atoms with Crippen LogP contribution in [0.2, 0.25) is 10.0 Å². The van der Waals surface area contributed by atoms with Gasteiger partial charge in [-0.2, -0.15) is 0 Å². The fourth-order valence-electron chi connectivity index (χ4n) is 3.75. The Kier molecular flexibility index (Phi) is 5.13. The van der Waals surface area contributed by atoms with Crippen molar-refractivity contribution in [3.63, 3.8) is 0 Å². The van der Waals surface area contributed by atoms with Crippen LogP contribution < -0.4 is 5.32 Å². The van der Waals surface area contributed by atoms with Gasteiger partial charge < -0.3 is 15.2 Å². The molecule has 0 spiro atoms. The predicted octanol–water partition coefficient (Wildman–Crippen LogP) is 5.54. The average molecular weight is 402 g/mol. The summed E-state index contributed by atoms with van der Waals surface area (Å²) in [4.78, 5) is 18.3. The number of hydrogen-bond acceptors (Lipinski definition) is 2. The number of likely N-dealkylation sites (tertiary alicyclic amines) is 1. The lowest BCUT2D eigenvalue weighted by Crippen LogP contribution is -2.29. The summed E-state index contributed by atoms with van der Waals surface area (Å²) < 4.78 is 0. The average Bonchev–Trinajstić information content (AvgIpc) is 3.05. The normalized spacial score (nSPS) is 16.0. The minimum atomic E-state index is -0.243. The van der Waals surface area contributed by atoms with Crippen molar-refractivity contribution in [1.82, 2.24) is 9.88 Å². The van der Waals surface area contributed by atoms with Crippen LogP contribution in [0.4, 0.5) is 5.69 Å². The molecule has 27 heavy (non-hydrogen) atoms. The van der Waals surface area contributed by atoms with Crippen molar-refractivity contribution in [3.8, 4) is 0 Å². The van der Waals surface area contributed by atoms with Crippen LogP contribution in [0, 0.1) is 0 Å². The highest BCUT2D eigenvalue weighted by Crippen LogP contribution is 2.34. The Bertz CT molecular complexity index is 990. The molecule has 0 bridgehead atoms. The lowest BCUT2D eigenvalue weighted by Gasteiger charge is -2.28. The number of H-pyrrole nitrogens is 1. The van der Waals surface area contributed by atoms with Crippen LogP contribution in [0.5, 0.6) is 0 Å². The molecule has 1 aliphatic rings. The first-order valence-corrected chi connectivity index (χ1v) is 9.83. The van der Waals surface area contributed by atoms with E-state index in [0.717, 1.165) is 37.1 Å². The van der Waals surface area contributed by atoms with Gasteiger partial charge in [0, 0.05) is 27.8 Å². The molecule has 4 nitrogen and oxygen atoms in total. The number of carbonyl (C=O) groups excluding carboxylic acids is 1. The maximum Gasteiger partial charge on any atom is 0.257 e. The lowest BCUT2D eigenvalue weighted by molar-refractivity contribution is 0.102. The summed E-state index contributed by atoms with van der Waals surface area (Å²) in [5.74, 6) is 0.305. The van der Waals surface area contributed by atoms with Crippen molar-refractivity contribution in [2.75, 3.05) is 25.5 Å². The Morgan fingerprint density at radius 3 is 2.67 bits per heavy atom. The summed E-state index contributed by atoms with van der Waals surface area (Å²) in [5, 5.41) is 4.97. The van der Waals surface area contributed by atoms with Crippen LogP contribution in [0.1, 0.15) is 34.7 Å². The van der Waals surface area contributed by atoms with Gasteiger partial charge >= 0.3 is 0 Å². The van der Waals surface area contributed by atoms with Gasteiger partial charge in [0.15, 0.2) is 0 Å². The fraction of sp³-hybridized carbons (Fsp3) is 0.286. The number of benzene rings is 2. The minimum Gasteiger partial charge on any atom is -0.361 e. The van der Waals surface area contributed by atoms with E-state index in [2.05, 4.69) is 28.4 Å². The highest BCUT2D eigenvalue weighted by Gasteiger charge is 2.21. The Morgan fingerprint density at radius 1 is 1.15 bits per heavy atom. The van der Waals surface area contributed by atoms with E-state index in [1.165, 1.54) is 10.9 Å². The van der Waals surface area contributed by atoms with Crippen LogP contribution >= 0.6 is 23.2 Å². The second kappa shape index (κ2) is 7.55. The molecule has 1 amide bonds. The minimum absolute atomic E-state index is 0.243. The molecular formula is C21H21Cl2N3O. The maximum absolute atomic E-state index is 12.6. The van der Waals surface area contributed by atoms with Gasteiger partial charge in [0.2, 0.25) is 0 Å². The molecule has 1 fully saturated rings. The molecule has 2 N–H and O–H groups in total. The summed E-state index contributed by atoms with van der Waals surface area (Å²) in [6.45, 7) is 2.23. The molecule has 6 heteroatoms. The van der Waals surface area contributed by atoms with E-state index < -0.39 is 0 Å². The first-order chi connectivity index (χ1) is 13.0. The highest BCUT2D eigenvalue weighted by molar-refractivity contribution is 6.37. The van der Waals surface area contributed by atoms with Gasteiger partial charge in [0.25, 0.3) is 5.91 Å². The van der Waals surface area contributed by atoms with E-state index >= 15 is 0 Å². The zero-order valence-electron chi connectivity index (χ0n) is 15.1. The Balaban J connectivity index is 1.59. The van der Waals surface area contributed by atoms with E-state index in [1.807, 2.05) is 18.2 Å². The third-order valence-electron chi connectivity index (χ3n) is 5.31. The number of rotatable bonds is 3. The van der Waals surface area contributed by atoms with Crippen LogP contribution in [-0.2, 0) is 0 Å². The standard InChI is InChI=1S/C21H21Cl2N3O/c1-26-8-6-13(7-9-26)18-12-24-20-5-3-15(11-17(18)20)25-21(27)16-4-2-14(22)10-19(16)23/h2-5,10-13,24H,6-9H2,1H3,(H,25,27). The first-order valence-electron chi connectivity index (χ1n) is 9.07. The van der Waals surface area contributed by atoms with Crippen LogP contribution in [0.25, 0.3) is 10.9 Å². The van der Waals surface area contributed by atoms with Gasteiger partial charge in [-0.1, -0.05) is 23.2 Å².